The van der Waals surface area contributed by atoms with E-state index >= 15 is 0 Å². The molecular formula is C23H23NO9. The van der Waals surface area contributed by atoms with Crippen molar-refractivity contribution in [2.45, 2.75) is 38.2 Å². The Labute approximate surface area is 190 Å². The first kappa shape index (κ1) is 25.1. The monoisotopic (exact) mass is 457 g/mol. The summed E-state index contributed by atoms with van der Waals surface area (Å²) in [5.74, 6) is -0.658. The molecule has 0 bridgehead atoms. The van der Waals surface area contributed by atoms with Gasteiger partial charge in [0.1, 0.15) is 12.4 Å². The van der Waals surface area contributed by atoms with Gasteiger partial charge in [-0.1, -0.05) is 24.6 Å². The van der Waals surface area contributed by atoms with E-state index in [0.29, 0.717) is 16.4 Å². The van der Waals surface area contributed by atoms with Crippen molar-refractivity contribution in [3.05, 3.63) is 42.0 Å². The van der Waals surface area contributed by atoms with Crippen molar-refractivity contribution < 1.29 is 43.0 Å². The van der Waals surface area contributed by atoms with Crippen LogP contribution in [0.5, 0.6) is 5.75 Å². The topological polar surface area (TPSA) is 126 Å². The lowest BCUT2D eigenvalue weighted by atomic mass is 10.0. The van der Waals surface area contributed by atoms with Crippen LogP contribution in [-0.4, -0.2) is 48.5 Å². The molecule has 2 amide bonds. The number of hydrogen-bond acceptors (Lipinski definition) is 9. The number of amides is 2. The molecule has 1 aromatic rings. The van der Waals surface area contributed by atoms with E-state index in [-0.39, 0.29) is 44.3 Å². The third-order valence-corrected chi connectivity index (χ3v) is 4.48. The van der Waals surface area contributed by atoms with E-state index in [1.807, 2.05) is 0 Å². The average molecular weight is 457 g/mol. The van der Waals surface area contributed by atoms with Crippen LogP contribution in [0.25, 0.3) is 0 Å². The second kappa shape index (κ2) is 12.0. The molecule has 1 atom stereocenters. The lowest BCUT2D eigenvalue weighted by molar-refractivity contribution is -0.197. The number of esters is 2. The van der Waals surface area contributed by atoms with Gasteiger partial charge in [-0.05, 0) is 24.1 Å². The van der Waals surface area contributed by atoms with Crippen molar-refractivity contribution in [3.8, 4) is 18.1 Å². The lowest BCUT2D eigenvalue weighted by Gasteiger charge is -2.19. The Bertz CT molecular complexity index is 959. The number of benzene rings is 1. The first-order valence-corrected chi connectivity index (χ1v) is 9.96. The number of terminal acetylenes is 1. The first-order chi connectivity index (χ1) is 15.8. The zero-order valence-corrected chi connectivity index (χ0v) is 18.0. The van der Waals surface area contributed by atoms with Gasteiger partial charge in [0.05, 0.1) is 12.7 Å². The van der Waals surface area contributed by atoms with Crippen LogP contribution in [0, 0.1) is 12.3 Å². The van der Waals surface area contributed by atoms with Gasteiger partial charge in [0.25, 0.3) is 11.8 Å². The predicted octanol–water partition coefficient (Wildman–Crippen LogP) is 1.79. The molecule has 1 saturated heterocycles. The van der Waals surface area contributed by atoms with Crippen LogP contribution < -0.4 is 4.74 Å². The Morgan fingerprint density at radius 1 is 1.09 bits per heavy atom. The van der Waals surface area contributed by atoms with Crippen LogP contribution in [0.15, 0.2) is 36.4 Å². The summed E-state index contributed by atoms with van der Waals surface area (Å²) in [6.45, 7) is 3.73. The summed E-state index contributed by atoms with van der Waals surface area (Å²) in [6, 6.07) is 6.35. The maximum atomic E-state index is 12.3. The molecule has 0 aliphatic carbocycles. The van der Waals surface area contributed by atoms with E-state index < -0.39 is 35.8 Å². The highest BCUT2D eigenvalue weighted by Gasteiger charge is 2.32. The Balaban J connectivity index is 1.94. The van der Waals surface area contributed by atoms with E-state index in [4.69, 9.17) is 20.7 Å². The zero-order chi connectivity index (χ0) is 24.4. The summed E-state index contributed by atoms with van der Waals surface area (Å²) >= 11 is 0. The van der Waals surface area contributed by atoms with Crippen molar-refractivity contribution in [2.24, 2.45) is 0 Å². The molecule has 33 heavy (non-hydrogen) atoms. The molecule has 174 valence electrons. The maximum absolute atomic E-state index is 12.3. The summed E-state index contributed by atoms with van der Waals surface area (Å²) < 4.78 is 15.4. The summed E-state index contributed by atoms with van der Waals surface area (Å²) in [5, 5.41) is 0.438. The van der Waals surface area contributed by atoms with Gasteiger partial charge >= 0.3 is 17.9 Å². The number of carbonyl (C=O) groups is 5. The second-order valence-corrected chi connectivity index (χ2v) is 6.85. The van der Waals surface area contributed by atoms with Crippen LogP contribution >= 0.6 is 0 Å². The van der Waals surface area contributed by atoms with E-state index in [9.17, 15) is 24.0 Å². The molecule has 2 rings (SSSR count). The Morgan fingerprint density at radius 3 is 2.27 bits per heavy atom. The van der Waals surface area contributed by atoms with Gasteiger partial charge in [0.2, 0.25) is 0 Å². The molecule has 1 heterocycles. The fourth-order valence-corrected chi connectivity index (χ4v) is 2.82. The van der Waals surface area contributed by atoms with Crippen LogP contribution in [0.4, 0.5) is 0 Å². The standard InChI is InChI=1S/C23H23NO9/c1-4-14-31-17-10-8-16(9-11-17)22(15(2)23(29)30-3)32-20(27)6-5-7-21(28)33-24-18(25)12-13-19(24)26/h1,8-11,22H,2,5-7,12-14H2,3H3. The van der Waals surface area contributed by atoms with Gasteiger partial charge < -0.3 is 19.0 Å². The van der Waals surface area contributed by atoms with Crippen molar-refractivity contribution in [2.75, 3.05) is 13.7 Å². The van der Waals surface area contributed by atoms with Crippen molar-refractivity contribution in [3.63, 3.8) is 0 Å². The molecule has 0 saturated carbocycles. The van der Waals surface area contributed by atoms with Crippen molar-refractivity contribution >= 4 is 29.7 Å². The molecule has 0 N–H and O–H groups in total. The van der Waals surface area contributed by atoms with Crippen LogP contribution in [0.3, 0.4) is 0 Å². The molecule has 10 nitrogen and oxygen atoms in total. The fraction of sp³-hybridized carbons (Fsp3) is 0.348. The largest absolute Gasteiger partial charge is 0.481 e. The summed E-state index contributed by atoms with van der Waals surface area (Å²) in [7, 11) is 1.17. The number of nitrogens with zero attached hydrogens (tertiary/aromatic N) is 1. The van der Waals surface area contributed by atoms with E-state index in [1.54, 1.807) is 24.3 Å². The molecule has 1 aromatic carbocycles. The quantitative estimate of drug-likeness (QED) is 0.212. The Hall–Kier alpha value is -4.13. The second-order valence-electron chi connectivity index (χ2n) is 6.85. The molecule has 0 aromatic heterocycles. The predicted molar refractivity (Wildman–Crippen MR) is 112 cm³/mol. The molecule has 1 unspecified atom stereocenters. The molecule has 0 spiro atoms. The zero-order valence-electron chi connectivity index (χ0n) is 18.0. The minimum Gasteiger partial charge on any atom is -0.481 e. The van der Waals surface area contributed by atoms with Gasteiger partial charge in [-0.2, -0.15) is 0 Å². The molecule has 1 aliphatic heterocycles. The van der Waals surface area contributed by atoms with Crippen molar-refractivity contribution in [1.29, 1.82) is 0 Å². The molecule has 0 radical (unpaired) electrons. The number of carbonyl (C=O) groups excluding carboxylic acids is 5. The SMILES string of the molecule is C#CCOc1ccc(C(OC(=O)CCCC(=O)ON2C(=O)CCC2=O)C(=C)C(=O)OC)cc1. The number of methoxy groups -OCH3 is 1. The Morgan fingerprint density at radius 2 is 1.70 bits per heavy atom. The van der Waals surface area contributed by atoms with Crippen molar-refractivity contribution in [1.82, 2.24) is 5.06 Å². The maximum Gasteiger partial charge on any atom is 0.337 e. The average Bonchev–Trinajstić information content (AvgIpc) is 3.12. The summed E-state index contributed by atoms with van der Waals surface area (Å²) in [4.78, 5) is 63.8. The number of rotatable bonds is 11. The molecule has 1 fully saturated rings. The van der Waals surface area contributed by atoms with Crippen LogP contribution in [0.1, 0.15) is 43.8 Å². The van der Waals surface area contributed by atoms with Crippen LogP contribution in [-0.2, 0) is 38.3 Å². The minimum absolute atomic E-state index is 0.0130. The number of imide groups is 1. The number of hydrogen-bond donors (Lipinski definition) is 0. The summed E-state index contributed by atoms with van der Waals surface area (Å²) in [5.41, 5.74) is 0.339. The van der Waals surface area contributed by atoms with Gasteiger partial charge in [-0.3, -0.25) is 14.4 Å². The van der Waals surface area contributed by atoms with E-state index in [0.717, 1.165) is 0 Å². The fourth-order valence-electron chi connectivity index (χ4n) is 2.82. The highest BCUT2D eigenvalue weighted by molar-refractivity contribution is 6.01. The third-order valence-electron chi connectivity index (χ3n) is 4.48. The number of hydroxylamine groups is 2. The Kier molecular flexibility index (Phi) is 9.17. The lowest BCUT2D eigenvalue weighted by Crippen LogP contribution is -2.32. The smallest absolute Gasteiger partial charge is 0.337 e. The van der Waals surface area contributed by atoms with Crippen LogP contribution in [0.2, 0.25) is 0 Å². The van der Waals surface area contributed by atoms with Gasteiger partial charge in [-0.25, -0.2) is 9.59 Å². The number of ether oxygens (including phenoxy) is 3. The molecule has 10 heteroatoms. The molecular weight excluding hydrogens is 434 g/mol. The summed E-state index contributed by atoms with van der Waals surface area (Å²) in [6.07, 6.45) is 3.62. The third kappa shape index (κ3) is 7.21. The van der Waals surface area contributed by atoms with E-state index in [1.165, 1.54) is 7.11 Å². The highest BCUT2D eigenvalue weighted by atomic mass is 16.7. The molecule has 1 aliphatic rings. The van der Waals surface area contributed by atoms with E-state index in [2.05, 4.69) is 17.2 Å². The highest BCUT2D eigenvalue weighted by Crippen LogP contribution is 2.28. The van der Waals surface area contributed by atoms with Gasteiger partial charge in [0.15, 0.2) is 6.10 Å². The minimum atomic E-state index is -1.13. The first-order valence-electron chi connectivity index (χ1n) is 9.96. The normalized spacial score (nSPS) is 13.6. The van der Waals surface area contributed by atoms with Gasteiger partial charge in [0, 0.05) is 25.7 Å². The van der Waals surface area contributed by atoms with Gasteiger partial charge in [-0.15, -0.1) is 11.5 Å².